The van der Waals surface area contributed by atoms with E-state index >= 15 is 0 Å². The highest BCUT2D eigenvalue weighted by atomic mass is 79.9. The van der Waals surface area contributed by atoms with Crippen LogP contribution in [0, 0.1) is 5.92 Å². The first-order valence-corrected chi connectivity index (χ1v) is 5.92. The number of carbonyl (C=O) groups is 1. The molecule has 1 aliphatic heterocycles. The van der Waals surface area contributed by atoms with E-state index in [0.717, 1.165) is 10.9 Å². The second-order valence-corrected chi connectivity index (χ2v) is 4.76. The van der Waals surface area contributed by atoms with E-state index in [9.17, 15) is 9.59 Å². The van der Waals surface area contributed by atoms with E-state index in [2.05, 4.69) is 15.9 Å². The first-order chi connectivity index (χ1) is 7.66. The Bertz CT molecular complexity index is 449. The first-order valence-electron chi connectivity index (χ1n) is 5.13. The third kappa shape index (κ3) is 2.59. The molecule has 1 aromatic heterocycles. The van der Waals surface area contributed by atoms with Crippen molar-refractivity contribution in [2.45, 2.75) is 13.0 Å². The van der Waals surface area contributed by atoms with Crippen molar-refractivity contribution >= 4 is 21.7 Å². The van der Waals surface area contributed by atoms with Crippen molar-refractivity contribution in [3.05, 3.63) is 33.2 Å². The van der Waals surface area contributed by atoms with Crippen LogP contribution in [0.4, 0.5) is 0 Å². The van der Waals surface area contributed by atoms with E-state index in [-0.39, 0.29) is 23.8 Å². The lowest BCUT2D eigenvalue weighted by Crippen LogP contribution is -2.27. The molecule has 0 bridgehead atoms. The van der Waals surface area contributed by atoms with Gasteiger partial charge in [0, 0.05) is 29.3 Å². The maximum atomic E-state index is 11.8. The van der Waals surface area contributed by atoms with Crippen molar-refractivity contribution in [1.29, 1.82) is 0 Å². The van der Waals surface area contributed by atoms with Crippen LogP contribution in [0.3, 0.4) is 0 Å². The van der Waals surface area contributed by atoms with Crippen molar-refractivity contribution in [1.82, 2.24) is 4.57 Å². The molecule has 0 aromatic carbocycles. The second kappa shape index (κ2) is 4.93. The van der Waals surface area contributed by atoms with Gasteiger partial charge in [0.05, 0.1) is 13.2 Å². The van der Waals surface area contributed by atoms with Gasteiger partial charge < -0.3 is 9.30 Å². The quantitative estimate of drug-likeness (QED) is 0.839. The van der Waals surface area contributed by atoms with Gasteiger partial charge in [-0.25, -0.2) is 0 Å². The van der Waals surface area contributed by atoms with Crippen LogP contribution in [0.5, 0.6) is 0 Å². The standard InChI is InChI=1S/C11H12BrNO3/c12-9-1-2-11(15)13(5-9)6-10(14)8-3-4-16-7-8/h1-2,5,8H,3-4,6-7H2. The fraction of sp³-hybridized carbons (Fsp3) is 0.455. The Labute approximate surface area is 101 Å². The third-order valence-corrected chi connectivity index (χ3v) is 3.13. The van der Waals surface area contributed by atoms with Crippen LogP contribution in [-0.4, -0.2) is 23.6 Å². The smallest absolute Gasteiger partial charge is 0.250 e. The van der Waals surface area contributed by atoms with Crippen LogP contribution in [0.1, 0.15) is 6.42 Å². The Kier molecular flexibility index (Phi) is 3.56. The van der Waals surface area contributed by atoms with Gasteiger partial charge in [-0.15, -0.1) is 0 Å². The van der Waals surface area contributed by atoms with Crippen molar-refractivity contribution in [2.24, 2.45) is 5.92 Å². The zero-order valence-corrected chi connectivity index (χ0v) is 10.3. The molecule has 1 aromatic rings. The number of carbonyl (C=O) groups excluding carboxylic acids is 1. The minimum Gasteiger partial charge on any atom is -0.381 e. The zero-order chi connectivity index (χ0) is 11.5. The van der Waals surface area contributed by atoms with Crippen LogP contribution < -0.4 is 5.56 Å². The van der Waals surface area contributed by atoms with E-state index in [1.54, 1.807) is 12.3 Å². The molecule has 1 saturated heterocycles. The number of aromatic nitrogens is 1. The topological polar surface area (TPSA) is 48.3 Å². The van der Waals surface area contributed by atoms with Crippen molar-refractivity contribution < 1.29 is 9.53 Å². The van der Waals surface area contributed by atoms with E-state index in [1.807, 2.05) is 0 Å². The molecule has 4 nitrogen and oxygen atoms in total. The number of nitrogens with zero attached hydrogens (tertiary/aromatic N) is 1. The number of pyridine rings is 1. The van der Waals surface area contributed by atoms with Crippen LogP contribution >= 0.6 is 15.9 Å². The summed E-state index contributed by atoms with van der Waals surface area (Å²) in [6.07, 6.45) is 2.40. The summed E-state index contributed by atoms with van der Waals surface area (Å²) in [6, 6.07) is 3.12. The van der Waals surface area contributed by atoms with E-state index < -0.39 is 0 Å². The summed E-state index contributed by atoms with van der Waals surface area (Å²) < 4.78 is 7.37. The minimum absolute atomic E-state index is 0.0501. The monoisotopic (exact) mass is 285 g/mol. The average molecular weight is 286 g/mol. The highest BCUT2D eigenvalue weighted by Crippen LogP contribution is 2.14. The van der Waals surface area contributed by atoms with Gasteiger partial charge in [0.15, 0.2) is 5.78 Å². The first kappa shape index (κ1) is 11.5. The summed E-state index contributed by atoms with van der Waals surface area (Å²) in [5, 5.41) is 0. The number of ether oxygens (including phenoxy) is 1. The normalized spacial score (nSPS) is 19.9. The SMILES string of the molecule is O=C(Cn1cc(Br)ccc1=O)C1CCOC1. The molecule has 0 saturated carbocycles. The number of rotatable bonds is 3. The molecular weight excluding hydrogens is 274 g/mol. The maximum Gasteiger partial charge on any atom is 0.250 e. The maximum absolute atomic E-state index is 11.8. The fourth-order valence-corrected chi connectivity index (χ4v) is 2.09. The second-order valence-electron chi connectivity index (χ2n) is 3.84. The highest BCUT2D eigenvalue weighted by Gasteiger charge is 2.23. The number of hydrogen-bond donors (Lipinski definition) is 0. The summed E-state index contributed by atoms with van der Waals surface area (Å²) in [4.78, 5) is 23.3. The van der Waals surface area contributed by atoms with Gasteiger partial charge in [0.2, 0.25) is 0 Å². The number of Topliss-reactive ketones (excluding diaryl/α,β-unsaturated/α-hetero) is 1. The van der Waals surface area contributed by atoms with E-state index in [1.165, 1.54) is 10.6 Å². The van der Waals surface area contributed by atoms with E-state index in [0.29, 0.717) is 13.2 Å². The highest BCUT2D eigenvalue weighted by molar-refractivity contribution is 9.10. The summed E-state index contributed by atoms with van der Waals surface area (Å²) in [7, 11) is 0. The molecule has 1 atom stereocenters. The predicted molar refractivity (Wildman–Crippen MR) is 62.3 cm³/mol. The van der Waals surface area contributed by atoms with Crippen molar-refractivity contribution in [3.8, 4) is 0 Å². The summed E-state index contributed by atoms with van der Waals surface area (Å²) >= 11 is 3.27. The molecule has 1 unspecified atom stereocenters. The Balaban J connectivity index is 2.11. The lowest BCUT2D eigenvalue weighted by molar-refractivity contribution is -0.123. The Morgan fingerprint density at radius 2 is 2.38 bits per heavy atom. The van der Waals surface area contributed by atoms with Crippen LogP contribution in [0.25, 0.3) is 0 Å². The molecule has 2 rings (SSSR count). The molecule has 0 aliphatic carbocycles. The molecule has 86 valence electrons. The largest absolute Gasteiger partial charge is 0.381 e. The molecule has 0 spiro atoms. The zero-order valence-electron chi connectivity index (χ0n) is 8.69. The van der Waals surface area contributed by atoms with E-state index in [4.69, 9.17) is 4.74 Å². The van der Waals surface area contributed by atoms with Crippen molar-refractivity contribution in [3.63, 3.8) is 0 Å². The van der Waals surface area contributed by atoms with Gasteiger partial charge >= 0.3 is 0 Å². The molecule has 16 heavy (non-hydrogen) atoms. The molecule has 0 amide bonds. The molecule has 0 N–H and O–H groups in total. The Hall–Kier alpha value is -0.940. The molecule has 2 heterocycles. The summed E-state index contributed by atoms with van der Waals surface area (Å²) in [5.74, 6) is 0.0172. The molecule has 1 aliphatic rings. The number of hydrogen-bond acceptors (Lipinski definition) is 3. The lowest BCUT2D eigenvalue weighted by atomic mass is 10.0. The third-order valence-electron chi connectivity index (χ3n) is 2.66. The molecule has 0 radical (unpaired) electrons. The lowest BCUT2D eigenvalue weighted by Gasteiger charge is -2.08. The predicted octanol–water partition coefficient (Wildman–Crippen LogP) is 1.22. The molecule has 5 heteroatoms. The van der Waals surface area contributed by atoms with Crippen LogP contribution in [0.15, 0.2) is 27.6 Å². The fourth-order valence-electron chi connectivity index (χ4n) is 1.71. The van der Waals surface area contributed by atoms with Gasteiger partial charge in [0.25, 0.3) is 5.56 Å². The van der Waals surface area contributed by atoms with Gasteiger partial charge in [0.1, 0.15) is 0 Å². The van der Waals surface area contributed by atoms with Gasteiger partial charge in [-0.2, -0.15) is 0 Å². The number of halogens is 1. The van der Waals surface area contributed by atoms with Gasteiger partial charge in [-0.1, -0.05) is 0 Å². The van der Waals surface area contributed by atoms with Crippen LogP contribution in [0.2, 0.25) is 0 Å². The average Bonchev–Trinajstić information content (AvgIpc) is 2.76. The summed E-state index contributed by atoms with van der Waals surface area (Å²) in [5.41, 5.74) is -0.157. The minimum atomic E-state index is -0.157. The van der Waals surface area contributed by atoms with Gasteiger partial charge in [-0.05, 0) is 28.4 Å². The molecule has 1 fully saturated rings. The Morgan fingerprint density at radius 3 is 3.06 bits per heavy atom. The summed E-state index contributed by atoms with van der Waals surface area (Å²) in [6.45, 7) is 1.26. The van der Waals surface area contributed by atoms with Crippen molar-refractivity contribution in [2.75, 3.05) is 13.2 Å². The molecular formula is C11H12BrNO3. The Morgan fingerprint density at radius 1 is 1.56 bits per heavy atom. The van der Waals surface area contributed by atoms with Crippen LogP contribution in [-0.2, 0) is 16.1 Å². The van der Waals surface area contributed by atoms with Gasteiger partial charge in [-0.3, -0.25) is 9.59 Å². The number of ketones is 1.